The summed E-state index contributed by atoms with van der Waals surface area (Å²) in [6.45, 7) is 7.31. The molecule has 21 heavy (non-hydrogen) atoms. The fourth-order valence-electron chi connectivity index (χ4n) is 3.58. The minimum absolute atomic E-state index is 0.00333. The van der Waals surface area contributed by atoms with E-state index in [1.165, 1.54) is 5.56 Å². The molecule has 0 bridgehead atoms. The number of nitrogens with zero attached hydrogens (tertiary/aromatic N) is 2. The maximum Gasteiger partial charge on any atom is 0.201 e. The highest BCUT2D eigenvalue weighted by molar-refractivity contribution is 5.79. The Morgan fingerprint density at radius 2 is 2.14 bits per heavy atom. The molecule has 0 saturated carbocycles. The fourth-order valence-corrected chi connectivity index (χ4v) is 3.58. The third-order valence-electron chi connectivity index (χ3n) is 4.99. The van der Waals surface area contributed by atoms with Crippen molar-refractivity contribution in [1.29, 1.82) is 0 Å². The molecule has 1 aromatic heterocycles. The molecule has 0 aliphatic carbocycles. The highest BCUT2D eigenvalue weighted by Crippen LogP contribution is 2.39. The van der Waals surface area contributed by atoms with Crippen LogP contribution >= 0.6 is 0 Å². The van der Waals surface area contributed by atoms with E-state index >= 15 is 0 Å². The summed E-state index contributed by atoms with van der Waals surface area (Å²) in [7, 11) is 0. The minimum atomic E-state index is -0.00333. The number of aryl methyl sites for hydroxylation is 1. The molecule has 4 nitrogen and oxygen atoms in total. The van der Waals surface area contributed by atoms with Crippen molar-refractivity contribution >= 4 is 17.0 Å². The van der Waals surface area contributed by atoms with Crippen LogP contribution < -0.4 is 5.73 Å². The van der Waals surface area contributed by atoms with Crippen molar-refractivity contribution < 1.29 is 4.74 Å². The second kappa shape index (κ2) is 5.34. The van der Waals surface area contributed by atoms with Crippen LogP contribution in [-0.4, -0.2) is 21.8 Å². The molecule has 1 fully saturated rings. The molecular formula is C17H25N3O. The van der Waals surface area contributed by atoms with Gasteiger partial charge in [-0.15, -0.1) is 0 Å². The maximum absolute atomic E-state index is 6.22. The first-order valence-corrected chi connectivity index (χ1v) is 7.96. The highest BCUT2D eigenvalue weighted by atomic mass is 16.5. The summed E-state index contributed by atoms with van der Waals surface area (Å²) in [6.07, 6.45) is 4.12. The molecule has 0 radical (unpaired) electrons. The van der Waals surface area contributed by atoms with Gasteiger partial charge in [-0.3, -0.25) is 0 Å². The molecule has 1 aliphatic heterocycles. The molecule has 1 unspecified atom stereocenters. The number of nitrogens with two attached hydrogens (primary N) is 1. The predicted molar refractivity (Wildman–Crippen MR) is 86.4 cm³/mol. The summed E-state index contributed by atoms with van der Waals surface area (Å²) in [5.41, 5.74) is 9.57. The summed E-state index contributed by atoms with van der Waals surface area (Å²) < 4.78 is 8.31. The van der Waals surface area contributed by atoms with Crippen LogP contribution in [-0.2, 0) is 4.74 Å². The Morgan fingerprint density at radius 1 is 1.38 bits per heavy atom. The average molecular weight is 287 g/mol. The van der Waals surface area contributed by atoms with Crippen molar-refractivity contribution in [2.45, 2.75) is 58.1 Å². The van der Waals surface area contributed by atoms with E-state index in [-0.39, 0.29) is 5.60 Å². The van der Waals surface area contributed by atoms with Crippen LogP contribution in [0.25, 0.3) is 11.0 Å². The molecule has 1 aliphatic rings. The van der Waals surface area contributed by atoms with E-state index in [1.54, 1.807) is 0 Å². The summed E-state index contributed by atoms with van der Waals surface area (Å²) in [5, 5.41) is 0. The number of ether oxygens (including phenoxy) is 1. The zero-order valence-corrected chi connectivity index (χ0v) is 13.2. The number of fused-ring (bicyclic) bond motifs is 1. The fraction of sp³-hybridized carbons (Fsp3) is 0.588. The lowest BCUT2D eigenvalue weighted by molar-refractivity contribution is -0.0979. The number of nitrogen functional groups attached to an aromatic ring is 1. The number of imidazole rings is 1. The normalized spacial score (nSPS) is 21.8. The molecule has 2 heterocycles. The van der Waals surface area contributed by atoms with Gasteiger partial charge in [0.25, 0.3) is 0 Å². The second-order valence-corrected chi connectivity index (χ2v) is 6.22. The predicted octanol–water partition coefficient (Wildman–Crippen LogP) is 3.84. The number of rotatable bonds is 3. The molecule has 114 valence electrons. The Kier molecular flexibility index (Phi) is 3.66. The minimum Gasteiger partial charge on any atom is -0.375 e. The topological polar surface area (TPSA) is 53.1 Å². The van der Waals surface area contributed by atoms with Crippen molar-refractivity contribution in [2.75, 3.05) is 12.3 Å². The van der Waals surface area contributed by atoms with Crippen molar-refractivity contribution in [3.05, 3.63) is 23.8 Å². The van der Waals surface area contributed by atoms with E-state index in [0.29, 0.717) is 12.0 Å². The van der Waals surface area contributed by atoms with E-state index < -0.39 is 0 Å². The molecule has 3 rings (SSSR count). The smallest absolute Gasteiger partial charge is 0.201 e. The van der Waals surface area contributed by atoms with Crippen molar-refractivity contribution in [3.63, 3.8) is 0 Å². The Labute approximate surface area is 126 Å². The van der Waals surface area contributed by atoms with Gasteiger partial charge in [-0.05, 0) is 50.3 Å². The zero-order chi connectivity index (χ0) is 15.0. The molecule has 0 spiro atoms. The third-order valence-corrected chi connectivity index (χ3v) is 4.99. The van der Waals surface area contributed by atoms with Crippen LogP contribution in [0, 0.1) is 6.92 Å². The summed E-state index contributed by atoms with van der Waals surface area (Å²) in [4.78, 5) is 4.55. The second-order valence-electron chi connectivity index (χ2n) is 6.22. The maximum atomic E-state index is 6.22. The van der Waals surface area contributed by atoms with Gasteiger partial charge in [0.15, 0.2) is 0 Å². The van der Waals surface area contributed by atoms with E-state index in [2.05, 4.69) is 48.5 Å². The molecular weight excluding hydrogens is 262 g/mol. The lowest BCUT2D eigenvalue weighted by atomic mass is 9.85. The van der Waals surface area contributed by atoms with E-state index in [1.807, 2.05) is 0 Å². The summed E-state index contributed by atoms with van der Waals surface area (Å²) in [6, 6.07) is 6.76. The highest BCUT2D eigenvalue weighted by Gasteiger charge is 2.36. The van der Waals surface area contributed by atoms with Crippen LogP contribution in [0.5, 0.6) is 0 Å². The molecule has 1 atom stereocenters. The van der Waals surface area contributed by atoms with Gasteiger partial charge in [-0.2, -0.15) is 0 Å². The first-order valence-electron chi connectivity index (χ1n) is 7.96. The van der Waals surface area contributed by atoms with Crippen LogP contribution in [0.1, 0.15) is 51.1 Å². The van der Waals surface area contributed by atoms with Crippen molar-refractivity contribution in [1.82, 2.24) is 9.55 Å². The van der Waals surface area contributed by atoms with E-state index in [9.17, 15) is 0 Å². The number of anilines is 1. The van der Waals surface area contributed by atoms with Gasteiger partial charge in [-0.1, -0.05) is 19.9 Å². The Hall–Kier alpha value is -1.55. The Bertz CT molecular complexity index is 643. The van der Waals surface area contributed by atoms with Crippen LogP contribution in [0.2, 0.25) is 0 Å². The summed E-state index contributed by atoms with van der Waals surface area (Å²) >= 11 is 0. The van der Waals surface area contributed by atoms with E-state index in [4.69, 9.17) is 10.5 Å². The SMILES string of the molecule is CCC1(CC)CC(n2c(N)nc3cc(C)ccc32)CCO1. The van der Waals surface area contributed by atoms with Gasteiger partial charge in [0.2, 0.25) is 5.95 Å². The molecule has 1 aromatic carbocycles. The first kappa shape index (κ1) is 14.4. The lowest BCUT2D eigenvalue weighted by Gasteiger charge is -2.40. The summed E-state index contributed by atoms with van der Waals surface area (Å²) in [5.74, 6) is 0.628. The Balaban J connectivity index is 2.02. The monoisotopic (exact) mass is 287 g/mol. The standard InChI is InChI=1S/C17H25N3O/c1-4-17(5-2)11-13(8-9-21-17)20-15-7-6-12(3)10-14(15)19-16(20)18/h6-7,10,13H,4-5,8-9,11H2,1-3H3,(H2,18,19). The average Bonchev–Trinajstić information content (AvgIpc) is 2.82. The van der Waals surface area contributed by atoms with E-state index in [0.717, 1.165) is 43.3 Å². The van der Waals surface area contributed by atoms with Gasteiger partial charge in [0.05, 0.1) is 16.6 Å². The Morgan fingerprint density at radius 3 is 2.86 bits per heavy atom. The van der Waals surface area contributed by atoms with Crippen LogP contribution in [0.3, 0.4) is 0 Å². The number of hydrogen-bond acceptors (Lipinski definition) is 3. The number of hydrogen-bond donors (Lipinski definition) is 1. The largest absolute Gasteiger partial charge is 0.375 e. The zero-order valence-electron chi connectivity index (χ0n) is 13.2. The molecule has 2 aromatic rings. The van der Waals surface area contributed by atoms with Crippen molar-refractivity contribution in [3.8, 4) is 0 Å². The quantitative estimate of drug-likeness (QED) is 0.933. The van der Waals surface area contributed by atoms with Crippen LogP contribution in [0.15, 0.2) is 18.2 Å². The molecule has 0 amide bonds. The van der Waals surface area contributed by atoms with Gasteiger partial charge in [-0.25, -0.2) is 4.98 Å². The van der Waals surface area contributed by atoms with Gasteiger partial charge < -0.3 is 15.0 Å². The number of benzene rings is 1. The van der Waals surface area contributed by atoms with Gasteiger partial charge in [0, 0.05) is 12.6 Å². The first-order chi connectivity index (χ1) is 10.1. The molecule has 1 saturated heterocycles. The van der Waals surface area contributed by atoms with Crippen molar-refractivity contribution in [2.24, 2.45) is 0 Å². The molecule has 2 N–H and O–H groups in total. The third kappa shape index (κ3) is 2.42. The lowest BCUT2D eigenvalue weighted by Crippen LogP contribution is -2.39. The van der Waals surface area contributed by atoms with Gasteiger partial charge in [0.1, 0.15) is 0 Å². The number of aromatic nitrogens is 2. The van der Waals surface area contributed by atoms with Crippen LogP contribution in [0.4, 0.5) is 5.95 Å². The van der Waals surface area contributed by atoms with Gasteiger partial charge >= 0.3 is 0 Å². The molecule has 4 heteroatoms.